The molecule has 0 aliphatic carbocycles. The Kier molecular flexibility index (Phi) is 5.47. The Bertz CT molecular complexity index is 200. The molecule has 0 bridgehead atoms. The predicted molar refractivity (Wildman–Crippen MR) is 44.7 cm³/mol. The molecule has 0 saturated heterocycles. The Morgan fingerprint density at radius 2 is 2.00 bits per heavy atom. The van der Waals surface area contributed by atoms with Gasteiger partial charge in [0.15, 0.2) is 0 Å². The summed E-state index contributed by atoms with van der Waals surface area (Å²) in [6.45, 7) is 0.985. The minimum atomic E-state index is 0. The smallest absolute Gasteiger partial charge is 0.443 e. The molecule has 1 N–H and O–H groups in total. The fourth-order valence-corrected chi connectivity index (χ4v) is 1.11. The van der Waals surface area contributed by atoms with Crippen molar-refractivity contribution in [1.82, 2.24) is 0 Å². The maximum absolute atomic E-state index is 3.24. The van der Waals surface area contributed by atoms with Crippen molar-refractivity contribution >= 4 is 5.69 Å². The molecule has 0 spiro atoms. The fraction of sp³-hybridized carbons (Fsp3) is 0.111. The molecule has 1 aliphatic heterocycles. The number of para-hydroxylation sites is 1. The summed E-state index contributed by atoms with van der Waals surface area (Å²) >= 11 is 0. The van der Waals surface area contributed by atoms with Gasteiger partial charge in [-0.05, 0) is 6.54 Å². The maximum Gasteiger partial charge on any atom is 1.00 e. The zero-order chi connectivity index (χ0) is 6.10. The first kappa shape index (κ1) is 11.5. The first-order chi connectivity index (χ1) is 4.47. The van der Waals surface area contributed by atoms with Crippen LogP contribution in [0.4, 0.5) is 5.69 Å². The van der Waals surface area contributed by atoms with Crippen LogP contribution in [-0.2, 0) is 0 Å². The van der Waals surface area contributed by atoms with E-state index >= 15 is 0 Å². The van der Waals surface area contributed by atoms with Gasteiger partial charge in [0, 0.05) is 0 Å². The molecule has 0 amide bonds. The van der Waals surface area contributed by atoms with Gasteiger partial charge in [0.2, 0.25) is 0 Å². The summed E-state index contributed by atoms with van der Waals surface area (Å²) in [5, 5.41) is 3.24. The van der Waals surface area contributed by atoms with Crippen LogP contribution in [-0.4, -0.2) is 6.54 Å². The van der Waals surface area contributed by atoms with E-state index in [0.717, 1.165) is 6.54 Å². The second-order valence-corrected chi connectivity index (χ2v) is 2.17. The van der Waals surface area contributed by atoms with Crippen LogP contribution in [0, 0.1) is 13.8 Å². The standard InChI is InChI=1S/C8H8N.CH3.K/c1-2-4-8-7(3-1)5-6-9-8;;/h1-5,9H,6H2;1H3;/q2*-1;+1. The molecule has 1 nitrogen and oxygen atoms in total. The number of hydrogen-bond acceptors (Lipinski definition) is 1. The first-order valence-electron chi connectivity index (χ1n) is 3.13. The number of nitrogens with one attached hydrogen (secondary N) is 1. The minimum Gasteiger partial charge on any atom is -0.443 e. The molecule has 11 heavy (non-hydrogen) atoms. The van der Waals surface area contributed by atoms with Crippen LogP contribution in [0.25, 0.3) is 0 Å². The molecule has 1 aromatic rings. The Hall–Kier alpha value is 0.526. The third kappa shape index (κ3) is 2.49. The van der Waals surface area contributed by atoms with Gasteiger partial charge in [-0.25, -0.2) is 0 Å². The fourth-order valence-electron chi connectivity index (χ4n) is 1.11. The Labute approximate surface area is 111 Å². The van der Waals surface area contributed by atoms with Crippen LogP contribution in [0.5, 0.6) is 0 Å². The van der Waals surface area contributed by atoms with Crippen LogP contribution in [0.2, 0.25) is 0 Å². The van der Waals surface area contributed by atoms with E-state index in [1.54, 1.807) is 0 Å². The monoisotopic (exact) mass is 172 g/mol. The second-order valence-electron chi connectivity index (χ2n) is 2.17. The molecule has 54 valence electrons. The molecular formula is C9H11KN-. The maximum atomic E-state index is 3.24. The zero-order valence-electron chi connectivity index (χ0n) is 7.09. The van der Waals surface area contributed by atoms with E-state index in [1.165, 1.54) is 11.3 Å². The quantitative estimate of drug-likeness (QED) is 0.396. The van der Waals surface area contributed by atoms with E-state index in [1.807, 2.05) is 6.07 Å². The van der Waals surface area contributed by atoms with Crippen molar-refractivity contribution in [3.63, 3.8) is 0 Å². The summed E-state index contributed by atoms with van der Waals surface area (Å²) in [6, 6.07) is 8.32. The summed E-state index contributed by atoms with van der Waals surface area (Å²) in [5.41, 5.74) is 2.59. The van der Waals surface area contributed by atoms with Gasteiger partial charge in [-0.1, -0.05) is 17.8 Å². The second kappa shape index (κ2) is 5.22. The molecule has 1 aromatic carbocycles. The van der Waals surface area contributed by atoms with E-state index in [9.17, 15) is 0 Å². The molecular weight excluding hydrogens is 161 g/mol. The van der Waals surface area contributed by atoms with E-state index < -0.39 is 0 Å². The Balaban J connectivity index is 0.000000500. The number of fused-ring (bicyclic) bond motifs is 1. The van der Waals surface area contributed by atoms with E-state index in [4.69, 9.17) is 0 Å². The summed E-state index contributed by atoms with van der Waals surface area (Å²) in [7, 11) is 0. The Morgan fingerprint density at radius 1 is 1.27 bits per heavy atom. The van der Waals surface area contributed by atoms with E-state index in [-0.39, 0.29) is 58.8 Å². The summed E-state index contributed by atoms with van der Waals surface area (Å²) < 4.78 is 0. The normalized spacial score (nSPS) is 11.3. The van der Waals surface area contributed by atoms with Gasteiger partial charge >= 0.3 is 51.4 Å². The summed E-state index contributed by atoms with van der Waals surface area (Å²) in [5.74, 6) is 0. The molecule has 0 atom stereocenters. The topological polar surface area (TPSA) is 12.0 Å². The third-order valence-electron chi connectivity index (χ3n) is 1.58. The zero-order valence-corrected chi connectivity index (χ0v) is 10.2. The number of hydrogen-bond donors (Lipinski definition) is 1. The van der Waals surface area contributed by atoms with Crippen LogP contribution < -0.4 is 56.7 Å². The number of anilines is 1. The molecule has 0 aromatic heterocycles. The minimum absolute atomic E-state index is 0. The molecule has 0 fully saturated rings. The molecule has 2 heteroatoms. The van der Waals surface area contributed by atoms with Gasteiger partial charge < -0.3 is 12.7 Å². The van der Waals surface area contributed by atoms with Crippen LogP contribution in [0.15, 0.2) is 24.3 Å². The first-order valence-corrected chi connectivity index (χ1v) is 3.13. The molecule has 0 saturated carbocycles. The summed E-state index contributed by atoms with van der Waals surface area (Å²) in [6.07, 6.45) is 2.19. The average Bonchev–Trinajstić information content (AvgIpc) is 2.33. The van der Waals surface area contributed by atoms with Crippen molar-refractivity contribution in [2.75, 3.05) is 11.9 Å². The summed E-state index contributed by atoms with van der Waals surface area (Å²) in [4.78, 5) is 0. The van der Waals surface area contributed by atoms with Gasteiger partial charge in [-0.3, -0.25) is 0 Å². The molecule has 1 heterocycles. The Morgan fingerprint density at radius 3 is 2.73 bits per heavy atom. The number of rotatable bonds is 0. The van der Waals surface area contributed by atoms with Crippen molar-refractivity contribution in [3.8, 4) is 0 Å². The van der Waals surface area contributed by atoms with Crippen LogP contribution in [0.1, 0.15) is 5.56 Å². The number of benzene rings is 1. The third-order valence-corrected chi connectivity index (χ3v) is 1.58. The van der Waals surface area contributed by atoms with Crippen molar-refractivity contribution in [3.05, 3.63) is 43.7 Å². The predicted octanol–water partition coefficient (Wildman–Crippen LogP) is -0.881. The van der Waals surface area contributed by atoms with Gasteiger partial charge in [0.1, 0.15) is 0 Å². The molecule has 0 unspecified atom stereocenters. The molecule has 2 rings (SSSR count). The largest absolute Gasteiger partial charge is 1.00 e. The van der Waals surface area contributed by atoms with Gasteiger partial charge in [0.05, 0.1) is 0 Å². The van der Waals surface area contributed by atoms with Crippen molar-refractivity contribution < 1.29 is 51.4 Å². The average molecular weight is 172 g/mol. The van der Waals surface area contributed by atoms with Crippen LogP contribution in [0.3, 0.4) is 0 Å². The van der Waals surface area contributed by atoms with Crippen molar-refractivity contribution in [2.45, 2.75) is 0 Å². The van der Waals surface area contributed by atoms with E-state index in [0.29, 0.717) is 0 Å². The molecule has 1 aliphatic rings. The molecule has 0 radical (unpaired) electrons. The van der Waals surface area contributed by atoms with Gasteiger partial charge in [-0.2, -0.15) is 18.1 Å². The van der Waals surface area contributed by atoms with Crippen molar-refractivity contribution in [1.29, 1.82) is 0 Å². The van der Waals surface area contributed by atoms with Gasteiger partial charge in [0.25, 0.3) is 0 Å². The SMILES string of the molecule is [CH3-].[K+].c1ccc2c(c1)[CH-]CN2. The van der Waals surface area contributed by atoms with E-state index in [2.05, 4.69) is 29.9 Å². The van der Waals surface area contributed by atoms with Gasteiger partial charge in [-0.15, -0.1) is 6.07 Å². The van der Waals surface area contributed by atoms with Crippen molar-refractivity contribution in [2.24, 2.45) is 0 Å². The van der Waals surface area contributed by atoms with Crippen LogP contribution >= 0.6 is 0 Å².